The average molecular weight is 436 g/mol. The van der Waals surface area contributed by atoms with E-state index in [0.29, 0.717) is 30.1 Å². The van der Waals surface area contributed by atoms with E-state index in [2.05, 4.69) is 30.9 Å². The fourth-order valence-electron chi connectivity index (χ4n) is 7.58. The number of allylic oxidation sites excluding steroid dienone is 3. The highest BCUT2D eigenvalue weighted by molar-refractivity contribution is 5.25. The van der Waals surface area contributed by atoms with Crippen LogP contribution in [0.1, 0.15) is 84.5 Å². The molecule has 0 amide bonds. The molecule has 0 bridgehead atoms. The normalized spacial score (nSPS) is 39.4. The third kappa shape index (κ3) is 5.27. The Morgan fingerprint density at radius 3 is 2.55 bits per heavy atom. The maximum Gasteiger partial charge on any atom is 0.241 e. The first-order valence-corrected chi connectivity index (χ1v) is 12.9. The molecule has 0 aromatic carbocycles. The zero-order valence-corrected chi connectivity index (χ0v) is 19.7. The summed E-state index contributed by atoms with van der Waals surface area (Å²) in [6.45, 7) is 7.72. The molecule has 31 heavy (non-hydrogen) atoms. The lowest BCUT2D eigenvalue weighted by Gasteiger charge is -2.45. The third-order valence-electron chi connectivity index (χ3n) is 9.33. The van der Waals surface area contributed by atoms with Crippen molar-refractivity contribution in [1.82, 2.24) is 4.90 Å². The molecule has 0 aromatic heterocycles. The summed E-state index contributed by atoms with van der Waals surface area (Å²) in [5.74, 6) is 1.68. The zero-order chi connectivity index (χ0) is 22.0. The second kappa shape index (κ2) is 10.0. The van der Waals surface area contributed by atoms with E-state index in [9.17, 15) is 13.9 Å². The molecule has 176 valence electrons. The molecule has 1 N–H and O–H groups in total. The predicted octanol–water partition coefficient (Wildman–Crippen LogP) is 6.60. The molecule has 3 aliphatic carbocycles. The van der Waals surface area contributed by atoms with Crippen molar-refractivity contribution in [2.75, 3.05) is 19.6 Å². The van der Waals surface area contributed by atoms with Crippen LogP contribution in [0.3, 0.4) is 0 Å². The van der Waals surface area contributed by atoms with Crippen LogP contribution in [0.4, 0.5) is 8.78 Å². The molecule has 4 aliphatic rings. The van der Waals surface area contributed by atoms with Crippen LogP contribution in [0.5, 0.6) is 0 Å². The van der Waals surface area contributed by atoms with E-state index < -0.39 is 6.43 Å². The lowest BCUT2D eigenvalue weighted by Crippen LogP contribution is -2.42. The minimum absolute atomic E-state index is 0.141. The fraction of sp³-hybridized carbons (Fsp3) is 0.852. The number of fused-ring (bicyclic) bond motifs is 1. The van der Waals surface area contributed by atoms with Crippen molar-refractivity contribution >= 4 is 0 Å². The summed E-state index contributed by atoms with van der Waals surface area (Å²) >= 11 is 0. The lowest BCUT2D eigenvalue weighted by molar-refractivity contribution is 0.0227. The molecule has 1 saturated heterocycles. The number of rotatable bonds is 5. The Bertz CT molecular complexity index is 666. The van der Waals surface area contributed by atoms with Gasteiger partial charge >= 0.3 is 0 Å². The summed E-state index contributed by atoms with van der Waals surface area (Å²) in [5, 5.41) is 9.98. The van der Waals surface area contributed by atoms with Gasteiger partial charge in [0.2, 0.25) is 6.43 Å². The van der Waals surface area contributed by atoms with Gasteiger partial charge in [-0.2, -0.15) is 0 Å². The van der Waals surface area contributed by atoms with Crippen molar-refractivity contribution in [3.63, 3.8) is 0 Å². The number of piperidine rings is 1. The highest BCUT2D eigenvalue weighted by Gasteiger charge is 2.50. The molecule has 1 heterocycles. The van der Waals surface area contributed by atoms with Crippen molar-refractivity contribution in [3.8, 4) is 0 Å². The Morgan fingerprint density at radius 2 is 1.84 bits per heavy atom. The molecular formula is C27H43F2NO. The maximum atomic E-state index is 13.0. The molecule has 4 heteroatoms. The van der Waals surface area contributed by atoms with E-state index >= 15 is 0 Å². The molecule has 4 rings (SSSR count). The first-order valence-electron chi connectivity index (χ1n) is 12.9. The minimum atomic E-state index is -2.15. The molecule has 2 nitrogen and oxygen atoms in total. The van der Waals surface area contributed by atoms with Gasteiger partial charge < -0.3 is 10.0 Å². The van der Waals surface area contributed by atoms with Crippen LogP contribution in [-0.4, -0.2) is 42.2 Å². The first-order chi connectivity index (χ1) is 14.9. The molecule has 3 unspecified atom stereocenters. The number of nitrogens with zero attached hydrogens (tertiary/aromatic N) is 1. The van der Waals surface area contributed by atoms with Crippen molar-refractivity contribution in [3.05, 3.63) is 23.3 Å². The van der Waals surface area contributed by atoms with E-state index in [1.165, 1.54) is 37.7 Å². The van der Waals surface area contributed by atoms with Crippen molar-refractivity contribution in [1.29, 1.82) is 0 Å². The smallest absolute Gasteiger partial charge is 0.241 e. The summed E-state index contributed by atoms with van der Waals surface area (Å²) in [6.07, 6.45) is 14.3. The molecule has 3 saturated carbocycles. The van der Waals surface area contributed by atoms with Gasteiger partial charge in [-0.3, -0.25) is 0 Å². The lowest BCUT2D eigenvalue weighted by atomic mass is 9.61. The van der Waals surface area contributed by atoms with Crippen LogP contribution in [0.15, 0.2) is 23.3 Å². The quantitative estimate of drug-likeness (QED) is 0.526. The number of aliphatic hydroxyl groups is 1. The van der Waals surface area contributed by atoms with Crippen molar-refractivity contribution in [2.45, 2.75) is 97.0 Å². The fourth-order valence-corrected chi connectivity index (χ4v) is 7.58. The zero-order valence-electron chi connectivity index (χ0n) is 19.7. The summed E-state index contributed by atoms with van der Waals surface area (Å²) in [7, 11) is 0. The standard InChI is InChI=1S/C27H43F2NO/c1-19(18-30-15-12-22(13-16-30)26(28)29)24-10-11-25-21(6-4-14-27(24,25)2)9-8-20-5-3-7-23(31)17-20/h8-9,19,22-26,31H,3-7,10-18H2,1-2H3/b20-8-,21-9+/t19-,23-,24?,25?,27?/m0/s1. The van der Waals surface area contributed by atoms with Gasteiger partial charge in [0.05, 0.1) is 6.10 Å². The maximum absolute atomic E-state index is 13.0. The van der Waals surface area contributed by atoms with Gasteiger partial charge in [0.1, 0.15) is 0 Å². The monoisotopic (exact) mass is 435 g/mol. The summed E-state index contributed by atoms with van der Waals surface area (Å²) in [4.78, 5) is 2.46. The number of hydrogen-bond donors (Lipinski definition) is 1. The van der Waals surface area contributed by atoms with Crippen LogP contribution >= 0.6 is 0 Å². The van der Waals surface area contributed by atoms with Gasteiger partial charge in [0, 0.05) is 12.5 Å². The average Bonchev–Trinajstić information content (AvgIpc) is 3.10. The summed E-state index contributed by atoms with van der Waals surface area (Å²) in [6, 6.07) is 0. The largest absolute Gasteiger partial charge is 0.393 e. The van der Waals surface area contributed by atoms with Crippen molar-refractivity contribution in [2.24, 2.45) is 29.1 Å². The van der Waals surface area contributed by atoms with E-state index in [0.717, 1.165) is 51.2 Å². The summed E-state index contributed by atoms with van der Waals surface area (Å²) in [5.41, 5.74) is 3.46. The van der Waals surface area contributed by atoms with Gasteiger partial charge in [0.15, 0.2) is 0 Å². The van der Waals surface area contributed by atoms with Gasteiger partial charge in [-0.25, -0.2) is 8.78 Å². The second-order valence-corrected chi connectivity index (χ2v) is 11.4. The highest BCUT2D eigenvalue weighted by Crippen LogP contribution is 2.59. The molecule has 1 aliphatic heterocycles. The number of hydrogen-bond acceptors (Lipinski definition) is 2. The Morgan fingerprint density at radius 1 is 1.06 bits per heavy atom. The minimum Gasteiger partial charge on any atom is -0.393 e. The molecular weight excluding hydrogens is 392 g/mol. The van der Waals surface area contributed by atoms with Crippen LogP contribution in [-0.2, 0) is 0 Å². The van der Waals surface area contributed by atoms with E-state index in [-0.39, 0.29) is 12.0 Å². The highest BCUT2D eigenvalue weighted by atomic mass is 19.3. The molecule has 0 spiro atoms. The topological polar surface area (TPSA) is 23.5 Å². The van der Waals surface area contributed by atoms with E-state index in [1.807, 2.05) is 0 Å². The number of alkyl halides is 2. The number of likely N-dealkylation sites (tertiary alicyclic amines) is 1. The predicted molar refractivity (Wildman–Crippen MR) is 123 cm³/mol. The molecule has 5 atom stereocenters. The van der Waals surface area contributed by atoms with Crippen LogP contribution in [0.2, 0.25) is 0 Å². The molecule has 0 radical (unpaired) electrons. The van der Waals surface area contributed by atoms with Gasteiger partial charge in [-0.15, -0.1) is 0 Å². The Balaban J connectivity index is 1.38. The van der Waals surface area contributed by atoms with Crippen LogP contribution < -0.4 is 0 Å². The first kappa shape index (κ1) is 23.4. The SMILES string of the molecule is C[C@@H](CN1CCC(C(F)F)CC1)C1CCC2/C(=C/C=C3/CCC[C@H](O)C3)CCCC21C. The Kier molecular flexibility index (Phi) is 7.58. The molecule has 4 fully saturated rings. The van der Waals surface area contributed by atoms with Gasteiger partial charge in [0.25, 0.3) is 0 Å². The summed E-state index contributed by atoms with van der Waals surface area (Å²) < 4.78 is 26.0. The van der Waals surface area contributed by atoms with Crippen LogP contribution in [0.25, 0.3) is 0 Å². The molecule has 0 aromatic rings. The number of aliphatic hydroxyl groups excluding tert-OH is 1. The number of halogens is 2. The van der Waals surface area contributed by atoms with Gasteiger partial charge in [-0.05, 0) is 107 Å². The second-order valence-electron chi connectivity index (χ2n) is 11.4. The Hall–Kier alpha value is -0.740. The third-order valence-corrected chi connectivity index (χ3v) is 9.33. The van der Waals surface area contributed by atoms with E-state index in [4.69, 9.17) is 0 Å². The van der Waals surface area contributed by atoms with Crippen LogP contribution in [0, 0.1) is 29.1 Å². The Labute approximate surface area is 188 Å². The van der Waals surface area contributed by atoms with Gasteiger partial charge in [-0.1, -0.05) is 37.1 Å². The van der Waals surface area contributed by atoms with Crippen molar-refractivity contribution < 1.29 is 13.9 Å². The van der Waals surface area contributed by atoms with E-state index in [1.54, 1.807) is 5.57 Å².